The SMILES string of the molecule is Cc1cc2c(cc1N1c3cc4c(cc3B3c5c1cc1c(oc6ccccc61)c5-c1cccc5c1N3c1ccccc1[Si]5(c1ccccc1)c1ccccc1)Oc1ccccc1O4)C(C)(C)CCC2(C)C. The van der Waals surface area contributed by atoms with Crippen molar-refractivity contribution in [2.45, 2.75) is 58.3 Å². The molecule has 0 radical (unpaired) electrons. The van der Waals surface area contributed by atoms with Gasteiger partial charge in [0.2, 0.25) is 0 Å². The van der Waals surface area contributed by atoms with E-state index < -0.39 is 8.07 Å². The Morgan fingerprint density at radius 3 is 1.86 bits per heavy atom. The zero-order valence-electron chi connectivity index (χ0n) is 39.9. The third kappa shape index (κ3) is 5.17. The van der Waals surface area contributed by atoms with Gasteiger partial charge in [-0.25, -0.2) is 0 Å². The molecule has 9 aromatic carbocycles. The summed E-state index contributed by atoms with van der Waals surface area (Å²) < 4.78 is 21.0. The Balaban J connectivity index is 1.12. The van der Waals surface area contributed by atoms with Crippen LogP contribution in [0.3, 0.4) is 0 Å². The summed E-state index contributed by atoms with van der Waals surface area (Å²) in [6.07, 6.45) is 2.28. The molecule has 0 amide bonds. The number of benzene rings is 9. The predicted molar refractivity (Wildman–Crippen MR) is 291 cm³/mol. The molecule has 5 aliphatic rings. The summed E-state index contributed by atoms with van der Waals surface area (Å²) in [7, 11) is -2.99. The van der Waals surface area contributed by atoms with Gasteiger partial charge < -0.3 is 23.6 Å². The molecule has 0 saturated heterocycles. The Hall–Kier alpha value is -7.74. The molecule has 0 atom stereocenters. The molecule has 4 aliphatic heterocycles. The summed E-state index contributed by atoms with van der Waals surface area (Å²) in [5.74, 6) is 2.83. The second-order valence-electron chi connectivity index (χ2n) is 21.4. The van der Waals surface area contributed by atoms with Crippen LogP contribution in [0.5, 0.6) is 23.0 Å². The van der Waals surface area contributed by atoms with Crippen molar-refractivity contribution in [3.8, 4) is 34.1 Å². The molecule has 7 heteroatoms. The van der Waals surface area contributed by atoms with Crippen molar-refractivity contribution in [1.29, 1.82) is 0 Å². The largest absolute Gasteiger partial charge is 0.455 e. The lowest BCUT2D eigenvalue weighted by molar-refractivity contribution is 0.332. The van der Waals surface area contributed by atoms with Crippen molar-refractivity contribution in [1.82, 2.24) is 0 Å². The van der Waals surface area contributed by atoms with Gasteiger partial charge in [0, 0.05) is 56.4 Å². The number of anilines is 5. The molecule has 10 aromatic rings. The van der Waals surface area contributed by atoms with Crippen LogP contribution in [0.15, 0.2) is 186 Å². The molecule has 1 aliphatic carbocycles. The minimum absolute atomic E-state index is 0.00411. The van der Waals surface area contributed by atoms with Gasteiger partial charge in [0.1, 0.15) is 11.2 Å². The van der Waals surface area contributed by atoms with Gasteiger partial charge in [-0.1, -0.05) is 161 Å². The van der Waals surface area contributed by atoms with E-state index in [1.165, 1.54) is 65.5 Å². The van der Waals surface area contributed by atoms with E-state index in [1.54, 1.807) is 0 Å². The van der Waals surface area contributed by atoms with Gasteiger partial charge in [-0.15, -0.1) is 0 Å². The normalized spacial score (nSPS) is 16.7. The lowest BCUT2D eigenvalue weighted by Crippen LogP contribution is -2.79. The van der Waals surface area contributed by atoms with Crippen LogP contribution < -0.4 is 50.9 Å². The highest BCUT2D eigenvalue weighted by molar-refractivity contribution is 7.22. The van der Waals surface area contributed by atoms with Crippen LogP contribution in [0.2, 0.25) is 0 Å². The highest BCUT2D eigenvalue weighted by Gasteiger charge is 2.56. The number of hydrogen-bond donors (Lipinski definition) is 0. The number of para-hydroxylation sites is 5. The quantitative estimate of drug-likeness (QED) is 0.165. The number of fused-ring (bicyclic) bond motifs is 13. The van der Waals surface area contributed by atoms with Crippen molar-refractivity contribution in [2.24, 2.45) is 0 Å². The van der Waals surface area contributed by atoms with Gasteiger partial charge in [-0.2, -0.15) is 0 Å². The first-order valence-corrected chi connectivity index (χ1v) is 26.8. The second kappa shape index (κ2) is 14.0. The molecule has 5 heterocycles. The van der Waals surface area contributed by atoms with Gasteiger partial charge in [0.05, 0.1) is 0 Å². The van der Waals surface area contributed by atoms with E-state index in [9.17, 15) is 0 Å². The molecule has 0 N–H and O–H groups in total. The maximum atomic E-state index is 7.23. The monoisotopic (exact) mass is 920 g/mol. The van der Waals surface area contributed by atoms with E-state index in [0.717, 1.165) is 57.2 Å². The average Bonchev–Trinajstić information content (AvgIpc) is 3.76. The molecule has 0 unspecified atom stereocenters. The van der Waals surface area contributed by atoms with Crippen molar-refractivity contribution in [3.63, 3.8) is 0 Å². The fourth-order valence-corrected chi connectivity index (χ4v) is 18.5. The van der Waals surface area contributed by atoms with Crippen molar-refractivity contribution < 1.29 is 13.9 Å². The van der Waals surface area contributed by atoms with Gasteiger partial charge >= 0.3 is 6.85 Å². The van der Waals surface area contributed by atoms with E-state index in [0.29, 0.717) is 23.0 Å². The van der Waals surface area contributed by atoms with Crippen LogP contribution in [0, 0.1) is 6.92 Å². The molecule has 336 valence electrons. The second-order valence-corrected chi connectivity index (χ2v) is 25.2. The first-order chi connectivity index (χ1) is 34.1. The van der Waals surface area contributed by atoms with Crippen LogP contribution in [-0.2, 0) is 10.8 Å². The molecular formula is C63H49BN2O3Si. The summed E-state index contributed by atoms with van der Waals surface area (Å²) >= 11 is 0. The Morgan fingerprint density at radius 2 is 1.13 bits per heavy atom. The van der Waals surface area contributed by atoms with E-state index in [4.69, 9.17) is 13.9 Å². The first kappa shape index (κ1) is 40.2. The molecule has 1 aromatic heterocycles. The Morgan fingerprint density at radius 1 is 0.514 bits per heavy atom. The number of hydrogen-bond acceptors (Lipinski definition) is 5. The molecule has 5 nitrogen and oxygen atoms in total. The van der Waals surface area contributed by atoms with Crippen molar-refractivity contribution in [2.75, 3.05) is 9.71 Å². The molecule has 70 heavy (non-hydrogen) atoms. The van der Waals surface area contributed by atoms with Crippen LogP contribution in [0.1, 0.15) is 57.2 Å². The zero-order valence-corrected chi connectivity index (χ0v) is 40.9. The molecule has 0 saturated carbocycles. The third-order valence-electron chi connectivity index (χ3n) is 16.7. The zero-order chi connectivity index (χ0) is 46.8. The Labute approximate surface area is 409 Å². The third-order valence-corrected chi connectivity index (χ3v) is 21.6. The van der Waals surface area contributed by atoms with Crippen LogP contribution in [0.25, 0.3) is 33.1 Å². The fourth-order valence-electron chi connectivity index (χ4n) is 13.4. The molecule has 15 rings (SSSR count). The maximum absolute atomic E-state index is 7.23. The Kier molecular flexibility index (Phi) is 8.01. The highest BCUT2D eigenvalue weighted by atomic mass is 28.3. The van der Waals surface area contributed by atoms with Gasteiger partial charge in [0.15, 0.2) is 31.1 Å². The minimum atomic E-state index is -2.99. The van der Waals surface area contributed by atoms with E-state index in [2.05, 4.69) is 202 Å². The standard InChI is InChI=1S/C63H49BN2O3Si/c1-38-33-44-45(63(4,5)32-31-62(44,2)3)35-48(38)65-49-37-55-54(67-52-27-15-16-28-53(52)68-55)36-46(49)64-59-50(65)34-43-41-23-12-14-26-51(41)69-61(43)58(59)42-24-18-30-57-60(42)66(64)47-25-13-17-29-56(47)70(57,39-19-8-6-9-20-39)40-21-10-7-11-22-40/h6-30,33-37H,31-32H2,1-5H3. The van der Waals surface area contributed by atoms with Gasteiger partial charge in [-0.05, 0) is 121 Å². The van der Waals surface area contributed by atoms with E-state index >= 15 is 0 Å². The number of furan rings is 1. The van der Waals surface area contributed by atoms with Crippen LogP contribution >= 0.6 is 0 Å². The van der Waals surface area contributed by atoms with Crippen molar-refractivity contribution >= 4 is 97.0 Å². The average molecular weight is 921 g/mol. The van der Waals surface area contributed by atoms with E-state index in [-0.39, 0.29) is 17.7 Å². The summed E-state index contributed by atoms with van der Waals surface area (Å²) in [4.78, 5) is 5.27. The van der Waals surface area contributed by atoms with Gasteiger partial charge in [0.25, 0.3) is 0 Å². The van der Waals surface area contributed by atoms with Crippen LogP contribution in [0.4, 0.5) is 28.4 Å². The molecule has 0 fully saturated rings. The minimum Gasteiger partial charge on any atom is -0.455 e. The number of ether oxygens (including phenoxy) is 2. The van der Waals surface area contributed by atoms with E-state index in [1.807, 2.05) is 24.3 Å². The topological polar surface area (TPSA) is 38.1 Å². The first-order valence-electron chi connectivity index (χ1n) is 24.8. The molecular weight excluding hydrogens is 872 g/mol. The number of nitrogens with zero attached hydrogens (tertiary/aromatic N) is 2. The molecule has 0 spiro atoms. The van der Waals surface area contributed by atoms with Crippen molar-refractivity contribution in [3.05, 3.63) is 199 Å². The number of rotatable bonds is 3. The lowest BCUT2D eigenvalue weighted by atomic mass is 9.43. The fraction of sp³-hybridized carbons (Fsp3) is 0.143. The smallest absolute Gasteiger partial charge is 0.333 e. The summed E-state index contributed by atoms with van der Waals surface area (Å²) in [6, 6.07) is 67.7. The maximum Gasteiger partial charge on any atom is 0.333 e. The highest BCUT2D eigenvalue weighted by Crippen LogP contribution is 2.56. The molecule has 0 bridgehead atoms. The predicted octanol–water partition coefficient (Wildman–Crippen LogP) is 12.5. The van der Waals surface area contributed by atoms with Crippen LogP contribution in [-0.4, -0.2) is 14.9 Å². The Bertz CT molecular complexity index is 3860. The summed E-state index contributed by atoms with van der Waals surface area (Å²) in [6.45, 7) is 11.7. The lowest BCUT2D eigenvalue weighted by Gasteiger charge is -2.52. The summed E-state index contributed by atoms with van der Waals surface area (Å²) in [5.41, 5.74) is 16.5. The number of aryl methyl sites for hydroxylation is 1. The van der Waals surface area contributed by atoms with Gasteiger partial charge in [-0.3, -0.25) is 0 Å². The summed E-state index contributed by atoms with van der Waals surface area (Å²) in [5, 5.41) is 7.68.